The van der Waals surface area contributed by atoms with Gasteiger partial charge in [0.1, 0.15) is 12.1 Å². The minimum absolute atomic E-state index is 0.0997. The molecule has 2 aromatic carbocycles. The number of methoxy groups -OCH3 is 1. The van der Waals surface area contributed by atoms with Crippen LogP contribution in [0, 0.1) is 0 Å². The summed E-state index contributed by atoms with van der Waals surface area (Å²) in [6.07, 6.45) is -2.60. The first kappa shape index (κ1) is 18.1. The summed E-state index contributed by atoms with van der Waals surface area (Å²) in [7, 11) is 1.64. The number of hydrogen-bond donors (Lipinski definition) is 1. The molecular weight excluding hydrogens is 343 g/mol. The number of para-hydroxylation sites is 1. The van der Waals surface area contributed by atoms with Gasteiger partial charge in [-0.25, -0.2) is 9.97 Å². The minimum Gasteiger partial charge on any atom is -0.380 e. The van der Waals surface area contributed by atoms with E-state index >= 15 is 0 Å². The largest absolute Gasteiger partial charge is 0.418 e. The van der Waals surface area contributed by atoms with Gasteiger partial charge in [-0.05, 0) is 29.7 Å². The molecule has 26 heavy (non-hydrogen) atoms. The Balaban J connectivity index is 1.80. The quantitative estimate of drug-likeness (QED) is 0.705. The van der Waals surface area contributed by atoms with Crippen LogP contribution in [0.2, 0.25) is 0 Å². The first-order valence-corrected chi connectivity index (χ1v) is 8.11. The van der Waals surface area contributed by atoms with E-state index in [1.54, 1.807) is 13.2 Å². The molecule has 4 nitrogen and oxygen atoms in total. The molecular formula is C19H18F3N3O. The summed E-state index contributed by atoms with van der Waals surface area (Å²) in [5.41, 5.74) is 1.35. The minimum atomic E-state index is -4.45. The summed E-state index contributed by atoms with van der Waals surface area (Å²) in [6, 6.07) is 11.9. The number of benzene rings is 2. The first-order valence-electron chi connectivity index (χ1n) is 8.11. The fourth-order valence-corrected chi connectivity index (χ4v) is 2.87. The summed E-state index contributed by atoms with van der Waals surface area (Å²) in [5, 5.41) is 3.48. The van der Waals surface area contributed by atoms with Crippen LogP contribution in [0.1, 0.15) is 16.7 Å². The van der Waals surface area contributed by atoms with Gasteiger partial charge in [0.2, 0.25) is 0 Å². The predicted octanol–water partition coefficient (Wildman–Crippen LogP) is 4.45. The molecule has 1 heterocycles. The number of alkyl halides is 3. The van der Waals surface area contributed by atoms with E-state index in [9.17, 15) is 13.2 Å². The monoisotopic (exact) mass is 361 g/mol. The van der Waals surface area contributed by atoms with Crippen molar-refractivity contribution in [3.8, 4) is 0 Å². The molecule has 0 saturated carbocycles. The molecule has 0 spiro atoms. The molecule has 0 aliphatic rings. The standard InChI is InChI=1S/C19H18F3N3O/c1-26-11-14-6-3-2-5-13(14)9-10-23-18-15-7-4-8-16(19(20,21)22)17(15)24-12-25-18/h2-8,12H,9-11H2,1H3,(H,23,24,25). The van der Waals surface area contributed by atoms with Crippen LogP contribution in [0.5, 0.6) is 0 Å². The van der Waals surface area contributed by atoms with Crippen molar-refractivity contribution in [1.29, 1.82) is 0 Å². The second-order valence-corrected chi connectivity index (χ2v) is 5.80. The average Bonchev–Trinajstić information content (AvgIpc) is 2.62. The van der Waals surface area contributed by atoms with Gasteiger partial charge in [0.25, 0.3) is 0 Å². The molecule has 7 heteroatoms. The fraction of sp³-hybridized carbons (Fsp3) is 0.263. The molecule has 3 aromatic rings. The predicted molar refractivity (Wildman–Crippen MR) is 93.9 cm³/mol. The lowest BCUT2D eigenvalue weighted by atomic mass is 10.1. The van der Waals surface area contributed by atoms with Crippen molar-refractivity contribution in [2.45, 2.75) is 19.2 Å². The molecule has 0 atom stereocenters. The smallest absolute Gasteiger partial charge is 0.380 e. The van der Waals surface area contributed by atoms with Crippen molar-refractivity contribution in [3.63, 3.8) is 0 Å². The van der Waals surface area contributed by atoms with E-state index in [2.05, 4.69) is 15.3 Å². The third-order valence-corrected chi connectivity index (χ3v) is 4.08. The van der Waals surface area contributed by atoms with E-state index < -0.39 is 11.7 Å². The van der Waals surface area contributed by atoms with Gasteiger partial charge in [-0.3, -0.25) is 0 Å². The third kappa shape index (κ3) is 3.94. The van der Waals surface area contributed by atoms with Crippen LogP contribution in [0.3, 0.4) is 0 Å². The van der Waals surface area contributed by atoms with E-state index in [1.165, 1.54) is 6.07 Å². The van der Waals surface area contributed by atoms with Crippen LogP contribution in [0.25, 0.3) is 10.9 Å². The van der Waals surface area contributed by atoms with Crippen molar-refractivity contribution in [2.24, 2.45) is 0 Å². The van der Waals surface area contributed by atoms with Crippen LogP contribution in [0.15, 0.2) is 48.8 Å². The van der Waals surface area contributed by atoms with E-state index in [0.717, 1.165) is 23.5 Å². The second kappa shape index (κ2) is 7.70. The Hall–Kier alpha value is -2.67. The van der Waals surface area contributed by atoms with Crippen LogP contribution in [0.4, 0.5) is 19.0 Å². The first-order chi connectivity index (χ1) is 12.5. The summed E-state index contributed by atoms with van der Waals surface area (Å²) in [5.74, 6) is 0.394. The maximum absolute atomic E-state index is 13.1. The third-order valence-electron chi connectivity index (χ3n) is 4.08. The van der Waals surface area contributed by atoms with E-state index in [0.29, 0.717) is 30.8 Å². The Morgan fingerprint density at radius 3 is 2.50 bits per heavy atom. The Kier molecular flexibility index (Phi) is 5.37. The number of halogens is 3. The molecule has 0 aliphatic heterocycles. The van der Waals surface area contributed by atoms with Crippen molar-refractivity contribution in [1.82, 2.24) is 9.97 Å². The van der Waals surface area contributed by atoms with Crippen LogP contribution in [-0.2, 0) is 23.9 Å². The van der Waals surface area contributed by atoms with Crippen molar-refractivity contribution in [2.75, 3.05) is 19.0 Å². The number of ether oxygens (including phenoxy) is 1. The zero-order chi connectivity index (χ0) is 18.6. The maximum Gasteiger partial charge on any atom is 0.418 e. The summed E-state index contributed by atoms with van der Waals surface area (Å²) < 4.78 is 44.6. The molecule has 0 unspecified atom stereocenters. The fourth-order valence-electron chi connectivity index (χ4n) is 2.87. The molecule has 1 N–H and O–H groups in total. The molecule has 0 fully saturated rings. The molecule has 1 aromatic heterocycles. The lowest BCUT2D eigenvalue weighted by molar-refractivity contribution is -0.136. The van der Waals surface area contributed by atoms with Gasteiger partial charge >= 0.3 is 6.18 Å². The zero-order valence-corrected chi connectivity index (χ0v) is 14.2. The van der Waals surface area contributed by atoms with Gasteiger partial charge in [-0.1, -0.05) is 30.3 Å². The summed E-state index contributed by atoms with van der Waals surface area (Å²) in [6.45, 7) is 1.05. The topological polar surface area (TPSA) is 47.0 Å². The van der Waals surface area contributed by atoms with Gasteiger partial charge in [0.15, 0.2) is 0 Å². The molecule has 0 bridgehead atoms. The highest BCUT2D eigenvalue weighted by Crippen LogP contribution is 2.35. The van der Waals surface area contributed by atoms with Crippen LogP contribution in [-0.4, -0.2) is 23.6 Å². The summed E-state index contributed by atoms with van der Waals surface area (Å²) in [4.78, 5) is 7.93. The van der Waals surface area contributed by atoms with Gasteiger partial charge in [0, 0.05) is 19.0 Å². The Morgan fingerprint density at radius 1 is 1.00 bits per heavy atom. The van der Waals surface area contributed by atoms with Gasteiger partial charge in [-0.2, -0.15) is 13.2 Å². The SMILES string of the molecule is COCc1ccccc1CCNc1ncnc2c(C(F)(F)F)cccc12. The van der Waals surface area contributed by atoms with Crippen molar-refractivity contribution < 1.29 is 17.9 Å². The van der Waals surface area contributed by atoms with Gasteiger partial charge < -0.3 is 10.1 Å². The highest BCUT2D eigenvalue weighted by atomic mass is 19.4. The van der Waals surface area contributed by atoms with E-state index in [4.69, 9.17) is 4.74 Å². The van der Waals surface area contributed by atoms with Crippen LogP contribution < -0.4 is 5.32 Å². The Morgan fingerprint density at radius 2 is 1.77 bits per heavy atom. The lowest BCUT2D eigenvalue weighted by Crippen LogP contribution is -2.10. The molecule has 0 saturated heterocycles. The van der Waals surface area contributed by atoms with E-state index in [1.807, 2.05) is 24.3 Å². The number of nitrogens with one attached hydrogen (secondary N) is 1. The summed E-state index contributed by atoms with van der Waals surface area (Å²) >= 11 is 0. The molecule has 0 aliphatic carbocycles. The highest BCUT2D eigenvalue weighted by Gasteiger charge is 2.33. The Labute approximate surface area is 149 Å². The number of nitrogens with zero attached hydrogens (tertiary/aromatic N) is 2. The van der Waals surface area contributed by atoms with Crippen LogP contribution >= 0.6 is 0 Å². The molecule has 3 rings (SSSR count). The van der Waals surface area contributed by atoms with Gasteiger partial charge in [0.05, 0.1) is 17.7 Å². The van der Waals surface area contributed by atoms with E-state index in [-0.39, 0.29) is 5.52 Å². The average molecular weight is 361 g/mol. The molecule has 0 radical (unpaired) electrons. The van der Waals surface area contributed by atoms with Gasteiger partial charge in [-0.15, -0.1) is 0 Å². The highest BCUT2D eigenvalue weighted by molar-refractivity contribution is 5.91. The number of fused-ring (bicyclic) bond motifs is 1. The molecule has 0 amide bonds. The van der Waals surface area contributed by atoms with Crippen molar-refractivity contribution in [3.05, 3.63) is 65.5 Å². The maximum atomic E-state index is 13.1. The van der Waals surface area contributed by atoms with Crippen molar-refractivity contribution >= 4 is 16.7 Å². The lowest BCUT2D eigenvalue weighted by Gasteiger charge is -2.13. The number of anilines is 1. The molecule has 136 valence electrons. The number of aromatic nitrogens is 2. The normalized spacial score (nSPS) is 11.7. The number of hydrogen-bond acceptors (Lipinski definition) is 4. The second-order valence-electron chi connectivity index (χ2n) is 5.80. The zero-order valence-electron chi connectivity index (χ0n) is 14.2. The Bertz CT molecular complexity index is 897. The number of rotatable bonds is 6.